The summed E-state index contributed by atoms with van der Waals surface area (Å²) in [6.45, 7) is 3.29. The molecule has 2 aromatic carbocycles. The molecule has 30 heavy (non-hydrogen) atoms. The molecule has 0 atom stereocenters. The first kappa shape index (κ1) is 22.3. The number of primary sulfonamides is 1. The highest BCUT2D eigenvalue weighted by Crippen LogP contribution is 2.34. The molecule has 0 spiro atoms. The number of sulfonamides is 1. The van der Waals surface area contributed by atoms with Crippen molar-refractivity contribution in [3.05, 3.63) is 58.2 Å². The molecular formula is C19H20ClN3O5S2. The number of H-pyrrole nitrogens is 1. The Morgan fingerprint density at radius 3 is 2.30 bits per heavy atom. The molecule has 0 aliphatic carbocycles. The quantitative estimate of drug-likeness (QED) is 0.508. The van der Waals surface area contributed by atoms with Crippen LogP contribution in [-0.2, 0) is 19.9 Å². The molecule has 1 amide bonds. The number of benzene rings is 2. The van der Waals surface area contributed by atoms with Crippen molar-refractivity contribution in [1.29, 1.82) is 0 Å². The number of aryl methyl sites for hydroxylation is 2. The van der Waals surface area contributed by atoms with E-state index >= 15 is 0 Å². The largest absolute Gasteiger partial charge is 0.350 e. The van der Waals surface area contributed by atoms with Crippen LogP contribution in [0.4, 0.5) is 0 Å². The molecule has 0 aliphatic heterocycles. The molecule has 3 aromatic rings. The molecule has 1 heterocycles. The fraction of sp³-hybridized carbons (Fsp3) is 0.211. The van der Waals surface area contributed by atoms with Gasteiger partial charge in [0.25, 0.3) is 5.91 Å². The van der Waals surface area contributed by atoms with Crippen LogP contribution < -0.4 is 10.5 Å². The van der Waals surface area contributed by atoms with Gasteiger partial charge in [-0.3, -0.25) is 4.79 Å². The maximum Gasteiger partial charge on any atom is 0.269 e. The normalized spacial score (nSPS) is 12.3. The lowest BCUT2D eigenvalue weighted by molar-refractivity contribution is 0.0948. The summed E-state index contributed by atoms with van der Waals surface area (Å²) in [5.74, 6) is -1.25. The number of nitrogens with one attached hydrogen (secondary N) is 2. The number of fused-ring (bicyclic) bond motifs is 1. The smallest absolute Gasteiger partial charge is 0.269 e. The van der Waals surface area contributed by atoms with E-state index in [0.29, 0.717) is 10.5 Å². The third kappa shape index (κ3) is 4.67. The Kier molecular flexibility index (Phi) is 5.96. The number of rotatable bonds is 6. The van der Waals surface area contributed by atoms with Crippen LogP contribution in [0.3, 0.4) is 0 Å². The number of nitrogens with two attached hydrogens (primary N) is 1. The molecule has 11 heteroatoms. The number of carbonyl (C=O) groups excluding carboxylic acids is 1. The summed E-state index contributed by atoms with van der Waals surface area (Å²) in [7, 11) is -7.89. The number of hydrogen-bond acceptors (Lipinski definition) is 5. The first-order valence-electron chi connectivity index (χ1n) is 8.82. The standard InChI is InChI=1S/C19H20ClN3O5S2/c1-11-7-12(2)9-14(8-11)30(27,28)18-15-10-13(20)3-4-16(15)23-17(18)19(24)22-5-6-29(21,25)26/h3-4,7-10,23H,5-6H2,1-2H3,(H,22,24)(H2,21,25,26). The summed E-state index contributed by atoms with van der Waals surface area (Å²) in [5.41, 5.74) is 1.70. The Morgan fingerprint density at radius 2 is 1.70 bits per heavy atom. The van der Waals surface area contributed by atoms with E-state index in [-0.39, 0.29) is 27.4 Å². The lowest BCUT2D eigenvalue weighted by Crippen LogP contribution is -2.32. The SMILES string of the molecule is Cc1cc(C)cc(S(=O)(=O)c2c(C(=O)NCCS(N)(=O)=O)[nH]c3ccc(Cl)cc23)c1. The van der Waals surface area contributed by atoms with Crippen LogP contribution in [0.5, 0.6) is 0 Å². The summed E-state index contributed by atoms with van der Waals surface area (Å²) >= 11 is 6.07. The van der Waals surface area contributed by atoms with Gasteiger partial charge in [0.05, 0.1) is 10.6 Å². The molecule has 0 unspecified atom stereocenters. The first-order chi connectivity index (χ1) is 13.9. The van der Waals surface area contributed by atoms with Crippen LogP contribution in [0, 0.1) is 13.8 Å². The van der Waals surface area contributed by atoms with Crippen molar-refractivity contribution < 1.29 is 21.6 Å². The highest BCUT2D eigenvalue weighted by atomic mass is 35.5. The van der Waals surface area contributed by atoms with Crippen molar-refractivity contribution in [2.24, 2.45) is 5.14 Å². The Labute approximate surface area is 179 Å². The van der Waals surface area contributed by atoms with Gasteiger partial charge in [-0.15, -0.1) is 0 Å². The Bertz CT molecular complexity index is 1340. The molecule has 0 saturated carbocycles. The number of sulfone groups is 1. The van der Waals surface area contributed by atoms with Crippen LogP contribution in [0.2, 0.25) is 5.02 Å². The van der Waals surface area contributed by atoms with Gasteiger partial charge in [-0.1, -0.05) is 17.7 Å². The summed E-state index contributed by atoms with van der Waals surface area (Å²) < 4.78 is 49.3. The van der Waals surface area contributed by atoms with Gasteiger partial charge >= 0.3 is 0 Å². The third-order valence-electron chi connectivity index (χ3n) is 4.39. The van der Waals surface area contributed by atoms with Crippen LogP contribution in [0.15, 0.2) is 46.2 Å². The van der Waals surface area contributed by atoms with E-state index in [1.165, 1.54) is 18.2 Å². The summed E-state index contributed by atoms with van der Waals surface area (Å²) in [6, 6.07) is 9.48. The zero-order valence-corrected chi connectivity index (χ0v) is 18.6. The molecule has 3 rings (SSSR count). The monoisotopic (exact) mass is 469 g/mol. The number of aromatic nitrogens is 1. The molecule has 0 saturated heterocycles. The Morgan fingerprint density at radius 1 is 1.07 bits per heavy atom. The van der Waals surface area contributed by atoms with Crippen LogP contribution in [0.1, 0.15) is 21.6 Å². The van der Waals surface area contributed by atoms with E-state index in [9.17, 15) is 21.6 Å². The minimum Gasteiger partial charge on any atom is -0.350 e. The second-order valence-corrected chi connectivity index (χ2v) is 11.0. The molecule has 4 N–H and O–H groups in total. The fourth-order valence-corrected chi connectivity index (χ4v) is 5.53. The van der Waals surface area contributed by atoms with Crippen molar-refractivity contribution >= 4 is 48.3 Å². The van der Waals surface area contributed by atoms with Crippen LogP contribution in [0.25, 0.3) is 10.9 Å². The zero-order valence-electron chi connectivity index (χ0n) is 16.2. The molecule has 0 radical (unpaired) electrons. The summed E-state index contributed by atoms with van der Waals surface area (Å²) in [4.78, 5) is 15.4. The van der Waals surface area contributed by atoms with Gasteiger partial charge in [-0.25, -0.2) is 22.0 Å². The van der Waals surface area contributed by atoms with Gasteiger partial charge in [-0.2, -0.15) is 0 Å². The van der Waals surface area contributed by atoms with E-state index in [1.807, 2.05) is 6.07 Å². The van der Waals surface area contributed by atoms with Crippen LogP contribution >= 0.6 is 11.6 Å². The molecule has 8 nitrogen and oxygen atoms in total. The molecular weight excluding hydrogens is 450 g/mol. The number of aromatic amines is 1. The predicted molar refractivity (Wildman–Crippen MR) is 115 cm³/mol. The lowest BCUT2D eigenvalue weighted by Gasteiger charge is -2.10. The van der Waals surface area contributed by atoms with Gasteiger partial charge < -0.3 is 10.3 Å². The maximum absolute atomic E-state index is 13.5. The van der Waals surface area contributed by atoms with Gasteiger partial charge in [0.2, 0.25) is 19.9 Å². The van der Waals surface area contributed by atoms with E-state index in [1.54, 1.807) is 26.0 Å². The van der Waals surface area contributed by atoms with Crippen molar-refractivity contribution in [3.8, 4) is 0 Å². The first-order valence-corrected chi connectivity index (χ1v) is 12.4. The minimum atomic E-state index is -4.11. The Hall–Kier alpha value is -2.40. The fourth-order valence-electron chi connectivity index (χ4n) is 3.18. The topological polar surface area (TPSA) is 139 Å². The molecule has 1 aromatic heterocycles. The van der Waals surface area contributed by atoms with E-state index in [2.05, 4.69) is 10.3 Å². The average molecular weight is 470 g/mol. The van der Waals surface area contributed by atoms with E-state index in [0.717, 1.165) is 11.1 Å². The second kappa shape index (κ2) is 8.03. The van der Waals surface area contributed by atoms with Gasteiger partial charge in [0, 0.05) is 22.5 Å². The number of hydrogen-bond donors (Lipinski definition) is 3. The lowest BCUT2D eigenvalue weighted by atomic mass is 10.2. The maximum atomic E-state index is 13.5. The van der Waals surface area contributed by atoms with Gasteiger partial charge in [0.15, 0.2) is 0 Å². The highest BCUT2D eigenvalue weighted by Gasteiger charge is 2.30. The van der Waals surface area contributed by atoms with Gasteiger partial charge in [-0.05, 0) is 55.3 Å². The second-order valence-electron chi connectivity index (χ2n) is 6.97. The van der Waals surface area contributed by atoms with Crippen molar-refractivity contribution in [2.75, 3.05) is 12.3 Å². The minimum absolute atomic E-state index is 0.0412. The summed E-state index contributed by atoms with van der Waals surface area (Å²) in [5, 5.41) is 7.90. The van der Waals surface area contributed by atoms with Crippen LogP contribution in [-0.4, -0.2) is 40.0 Å². The third-order valence-corrected chi connectivity index (χ3v) is 7.21. The van der Waals surface area contributed by atoms with E-state index < -0.39 is 31.5 Å². The van der Waals surface area contributed by atoms with Crippen molar-refractivity contribution in [1.82, 2.24) is 10.3 Å². The Balaban J connectivity index is 2.17. The van der Waals surface area contributed by atoms with Crippen molar-refractivity contribution in [2.45, 2.75) is 23.6 Å². The highest BCUT2D eigenvalue weighted by molar-refractivity contribution is 7.91. The molecule has 0 bridgehead atoms. The van der Waals surface area contributed by atoms with Crippen molar-refractivity contribution in [3.63, 3.8) is 0 Å². The number of amides is 1. The number of halogens is 1. The average Bonchev–Trinajstić information content (AvgIpc) is 2.99. The molecule has 0 aliphatic rings. The summed E-state index contributed by atoms with van der Waals surface area (Å²) in [6.07, 6.45) is 0. The molecule has 160 valence electrons. The van der Waals surface area contributed by atoms with Gasteiger partial charge in [0.1, 0.15) is 10.6 Å². The predicted octanol–water partition coefficient (Wildman–Crippen LogP) is 2.29. The van der Waals surface area contributed by atoms with E-state index in [4.69, 9.17) is 16.7 Å². The number of carbonyl (C=O) groups is 1. The zero-order chi connectivity index (χ0) is 22.3. The molecule has 0 fully saturated rings.